The highest BCUT2D eigenvalue weighted by Gasteiger charge is 2.16. The van der Waals surface area contributed by atoms with Crippen molar-refractivity contribution < 1.29 is 19.1 Å². The van der Waals surface area contributed by atoms with Gasteiger partial charge in [0.1, 0.15) is 5.82 Å². The molecule has 0 aromatic heterocycles. The molecule has 0 heterocycles. The number of aromatic carboxylic acids is 1. The molecule has 21 heavy (non-hydrogen) atoms. The van der Waals surface area contributed by atoms with E-state index in [1.807, 2.05) is 20.8 Å². The molecule has 1 rings (SSSR count). The van der Waals surface area contributed by atoms with Crippen molar-refractivity contribution in [3.05, 3.63) is 29.6 Å². The van der Waals surface area contributed by atoms with Crippen LogP contribution in [0.2, 0.25) is 0 Å². The quantitative estimate of drug-likeness (QED) is 0.845. The first-order valence-corrected chi connectivity index (χ1v) is 6.97. The Labute approximate surface area is 123 Å². The maximum Gasteiger partial charge on any atom is 0.335 e. The lowest BCUT2D eigenvalue weighted by Gasteiger charge is -2.24. The number of carboxylic acids is 1. The van der Waals surface area contributed by atoms with Gasteiger partial charge in [-0.1, -0.05) is 20.3 Å². The van der Waals surface area contributed by atoms with Crippen molar-refractivity contribution in [2.75, 3.05) is 18.4 Å². The molecule has 1 unspecified atom stereocenters. The minimum Gasteiger partial charge on any atom is -0.478 e. The number of carbonyl (C=O) groups is 2. The summed E-state index contributed by atoms with van der Waals surface area (Å²) in [6, 6.07) is 3.02. The second-order valence-corrected chi connectivity index (χ2v) is 4.98. The first-order chi connectivity index (χ1) is 9.88. The Morgan fingerprint density at radius 3 is 2.52 bits per heavy atom. The summed E-state index contributed by atoms with van der Waals surface area (Å²) in [5, 5.41) is 11.2. The van der Waals surface area contributed by atoms with Gasteiger partial charge < -0.3 is 15.3 Å². The molecule has 1 aromatic carbocycles. The van der Waals surface area contributed by atoms with Crippen molar-refractivity contribution in [2.24, 2.45) is 5.92 Å². The van der Waals surface area contributed by atoms with Crippen LogP contribution in [0.15, 0.2) is 18.2 Å². The third-order valence-electron chi connectivity index (χ3n) is 3.36. The summed E-state index contributed by atoms with van der Waals surface area (Å²) < 4.78 is 13.8. The van der Waals surface area contributed by atoms with Gasteiger partial charge in [-0.05, 0) is 31.0 Å². The summed E-state index contributed by atoms with van der Waals surface area (Å²) in [5.41, 5.74) is -0.176. The average molecular weight is 296 g/mol. The summed E-state index contributed by atoms with van der Waals surface area (Å²) in [5.74, 6) is -1.61. The van der Waals surface area contributed by atoms with E-state index in [1.54, 1.807) is 4.90 Å². The molecule has 2 amide bonds. The standard InChI is InChI=1S/C15H21FN2O3/c1-4-10(3)9-18(5-2)15(21)17-13-7-6-11(14(19)20)8-12(13)16/h6-8,10H,4-5,9H2,1-3H3,(H,17,21)(H,19,20). The fraction of sp³-hybridized carbons (Fsp3) is 0.467. The van der Waals surface area contributed by atoms with E-state index in [0.717, 1.165) is 12.5 Å². The molecule has 116 valence electrons. The molecule has 6 heteroatoms. The molecule has 2 N–H and O–H groups in total. The van der Waals surface area contributed by atoms with Crippen molar-refractivity contribution in [1.29, 1.82) is 0 Å². The number of carbonyl (C=O) groups excluding carboxylic acids is 1. The number of nitrogens with zero attached hydrogens (tertiary/aromatic N) is 1. The van der Waals surface area contributed by atoms with Crippen LogP contribution in [0.3, 0.4) is 0 Å². The number of hydrogen-bond acceptors (Lipinski definition) is 2. The third kappa shape index (κ3) is 4.73. The summed E-state index contributed by atoms with van der Waals surface area (Å²) in [6.07, 6.45) is 0.950. The molecule has 0 aliphatic carbocycles. The van der Waals surface area contributed by atoms with E-state index in [0.29, 0.717) is 19.0 Å². The molecule has 0 aliphatic rings. The number of nitrogens with one attached hydrogen (secondary N) is 1. The second-order valence-electron chi connectivity index (χ2n) is 4.98. The van der Waals surface area contributed by atoms with Gasteiger partial charge >= 0.3 is 12.0 Å². The van der Waals surface area contributed by atoms with E-state index in [-0.39, 0.29) is 17.3 Å². The predicted octanol–water partition coefficient (Wildman–Crippen LogP) is 3.42. The molecule has 1 atom stereocenters. The molecule has 0 fully saturated rings. The van der Waals surface area contributed by atoms with E-state index in [1.165, 1.54) is 12.1 Å². The van der Waals surface area contributed by atoms with E-state index in [9.17, 15) is 14.0 Å². The van der Waals surface area contributed by atoms with Gasteiger partial charge in [-0.3, -0.25) is 0 Å². The number of amides is 2. The third-order valence-corrected chi connectivity index (χ3v) is 3.36. The number of anilines is 1. The van der Waals surface area contributed by atoms with Gasteiger partial charge in [-0.2, -0.15) is 0 Å². The summed E-state index contributed by atoms with van der Waals surface area (Å²) >= 11 is 0. The zero-order valence-electron chi connectivity index (χ0n) is 12.5. The van der Waals surface area contributed by atoms with Gasteiger partial charge in [-0.15, -0.1) is 0 Å². The van der Waals surface area contributed by atoms with Crippen LogP contribution < -0.4 is 5.32 Å². The molecule has 0 spiro atoms. The van der Waals surface area contributed by atoms with Gasteiger partial charge in [0.15, 0.2) is 0 Å². The number of hydrogen-bond donors (Lipinski definition) is 2. The molecule has 0 bridgehead atoms. The Kier molecular flexibility index (Phi) is 6.14. The van der Waals surface area contributed by atoms with Crippen LogP contribution in [-0.2, 0) is 0 Å². The molecule has 5 nitrogen and oxygen atoms in total. The Morgan fingerprint density at radius 2 is 2.05 bits per heavy atom. The highest BCUT2D eigenvalue weighted by Crippen LogP contribution is 2.17. The lowest BCUT2D eigenvalue weighted by molar-refractivity contribution is 0.0696. The number of halogens is 1. The number of rotatable bonds is 6. The molecular weight excluding hydrogens is 275 g/mol. The van der Waals surface area contributed by atoms with E-state index in [4.69, 9.17) is 5.11 Å². The summed E-state index contributed by atoms with van der Waals surface area (Å²) in [7, 11) is 0. The van der Waals surface area contributed by atoms with Crippen molar-refractivity contribution in [2.45, 2.75) is 27.2 Å². The Balaban J connectivity index is 2.79. The second kappa shape index (κ2) is 7.61. The lowest BCUT2D eigenvalue weighted by atomic mass is 10.1. The Bertz CT molecular complexity index is 520. The van der Waals surface area contributed by atoms with Crippen molar-refractivity contribution in [1.82, 2.24) is 4.90 Å². The van der Waals surface area contributed by atoms with Gasteiger partial charge in [-0.25, -0.2) is 14.0 Å². The monoisotopic (exact) mass is 296 g/mol. The van der Waals surface area contributed by atoms with Crippen LogP contribution in [0, 0.1) is 11.7 Å². The SMILES string of the molecule is CCC(C)CN(CC)C(=O)Nc1ccc(C(=O)O)cc1F. The number of urea groups is 1. The number of benzene rings is 1. The molecule has 0 saturated carbocycles. The normalized spacial score (nSPS) is 11.8. The Morgan fingerprint density at radius 1 is 1.38 bits per heavy atom. The van der Waals surface area contributed by atoms with Crippen molar-refractivity contribution in [3.8, 4) is 0 Å². The zero-order chi connectivity index (χ0) is 16.0. The zero-order valence-corrected chi connectivity index (χ0v) is 12.5. The lowest BCUT2D eigenvalue weighted by Crippen LogP contribution is -2.37. The van der Waals surface area contributed by atoms with Crippen LogP contribution in [-0.4, -0.2) is 35.1 Å². The van der Waals surface area contributed by atoms with Gasteiger partial charge in [0.2, 0.25) is 0 Å². The average Bonchev–Trinajstić information content (AvgIpc) is 2.46. The Hall–Kier alpha value is -2.11. The maximum atomic E-state index is 13.8. The molecular formula is C15H21FN2O3. The topological polar surface area (TPSA) is 69.6 Å². The van der Waals surface area contributed by atoms with Crippen LogP contribution in [0.4, 0.5) is 14.9 Å². The van der Waals surface area contributed by atoms with Gasteiger partial charge in [0.25, 0.3) is 0 Å². The van der Waals surface area contributed by atoms with Crippen LogP contribution in [0.5, 0.6) is 0 Å². The molecule has 0 aliphatic heterocycles. The summed E-state index contributed by atoms with van der Waals surface area (Å²) in [4.78, 5) is 24.4. The van der Waals surface area contributed by atoms with E-state index < -0.39 is 11.8 Å². The first kappa shape index (κ1) is 16.9. The van der Waals surface area contributed by atoms with Gasteiger partial charge in [0.05, 0.1) is 11.3 Å². The van der Waals surface area contributed by atoms with Crippen LogP contribution in [0.25, 0.3) is 0 Å². The van der Waals surface area contributed by atoms with E-state index >= 15 is 0 Å². The van der Waals surface area contributed by atoms with Crippen LogP contribution in [0.1, 0.15) is 37.6 Å². The van der Waals surface area contributed by atoms with Crippen molar-refractivity contribution >= 4 is 17.7 Å². The smallest absolute Gasteiger partial charge is 0.335 e. The van der Waals surface area contributed by atoms with Crippen LogP contribution >= 0.6 is 0 Å². The predicted molar refractivity (Wildman–Crippen MR) is 79.1 cm³/mol. The van der Waals surface area contributed by atoms with E-state index in [2.05, 4.69) is 5.32 Å². The molecule has 1 aromatic rings. The minimum absolute atomic E-state index is 0.0207. The maximum absolute atomic E-state index is 13.8. The fourth-order valence-electron chi connectivity index (χ4n) is 1.80. The number of carboxylic acid groups (broad SMARTS) is 1. The highest BCUT2D eigenvalue weighted by atomic mass is 19.1. The minimum atomic E-state index is -1.21. The first-order valence-electron chi connectivity index (χ1n) is 6.97. The highest BCUT2D eigenvalue weighted by molar-refractivity contribution is 5.91. The van der Waals surface area contributed by atoms with Crippen molar-refractivity contribution in [3.63, 3.8) is 0 Å². The molecule has 0 saturated heterocycles. The van der Waals surface area contributed by atoms with Gasteiger partial charge in [0, 0.05) is 13.1 Å². The molecule has 0 radical (unpaired) electrons. The largest absolute Gasteiger partial charge is 0.478 e. The summed E-state index contributed by atoms with van der Waals surface area (Å²) in [6.45, 7) is 7.05. The fourth-order valence-corrected chi connectivity index (χ4v) is 1.80.